The molecule has 0 amide bonds. The van der Waals surface area contributed by atoms with E-state index in [9.17, 15) is 0 Å². The molecule has 0 aliphatic carbocycles. The minimum absolute atomic E-state index is 0. The summed E-state index contributed by atoms with van der Waals surface area (Å²) in [5.41, 5.74) is 0. The third-order valence-corrected chi connectivity index (χ3v) is 0. The molecule has 0 spiro atoms. The molecule has 0 aliphatic rings. The average molecular weight is 104 g/mol. The molecule has 0 aliphatic heterocycles. The van der Waals surface area contributed by atoms with Gasteiger partial charge in [0.25, 0.3) is 0 Å². The van der Waals surface area contributed by atoms with E-state index < -0.39 is 0 Å². The van der Waals surface area contributed by atoms with Gasteiger partial charge in [-0.05, 0) is 0 Å². The number of rotatable bonds is 0. The van der Waals surface area contributed by atoms with Crippen molar-refractivity contribution in [3.05, 3.63) is 0 Å². The first kappa shape index (κ1) is 16.6. The molecule has 0 aromatic heterocycles. The first-order valence-corrected chi connectivity index (χ1v) is 0.154. The summed E-state index contributed by atoms with van der Waals surface area (Å²) in [5, 5.41) is 6.75. The van der Waals surface area contributed by atoms with E-state index in [1.807, 2.05) is 0 Å². The zero-order valence-corrected chi connectivity index (χ0v) is 4.91. The van der Waals surface area contributed by atoms with Crippen LogP contribution in [-0.2, 0) is 0 Å². The predicted molar refractivity (Wildman–Crippen MR) is 11.0 cm³/mol. The van der Waals surface area contributed by atoms with Gasteiger partial charge in [0.15, 0.2) is 17.4 Å². The second-order valence-electron chi connectivity index (χ2n) is 0. The van der Waals surface area contributed by atoms with Gasteiger partial charge >= 0.3 is 51.4 Å². The molecule has 0 aromatic carbocycles. The van der Waals surface area contributed by atoms with Crippen LogP contribution in [0.4, 0.5) is 4.53 Å². The smallest absolute Gasteiger partial charge is 0.682 e. The Morgan fingerprint density at radius 2 is 1.25 bits per heavy atom. The average Bonchev–Trinajstić information content (AvgIpc) is 1.00. The zero-order chi connectivity index (χ0) is 2.00. The molecule has 0 N–H and O–H groups in total. The van der Waals surface area contributed by atoms with Gasteiger partial charge in [0, 0.05) is 0 Å². The van der Waals surface area contributed by atoms with Crippen molar-refractivity contribution < 1.29 is 61.2 Å². The van der Waals surface area contributed by atoms with E-state index in [1.165, 1.54) is 0 Å². The van der Waals surface area contributed by atoms with Crippen LogP contribution in [0, 0.1) is 0 Å². The van der Waals surface area contributed by atoms with E-state index in [4.69, 9.17) is 9.84 Å². The van der Waals surface area contributed by atoms with Crippen LogP contribution in [0.5, 0.6) is 0 Å². The fraction of sp³-hybridized carbons (Fsp3) is 0. The Kier molecular flexibility index (Phi) is 81.5. The van der Waals surface area contributed by atoms with Gasteiger partial charge in [0.1, 0.15) is 0 Å². The second kappa shape index (κ2) is 19.7. The molecule has 0 fully saturated rings. The first-order valence-electron chi connectivity index (χ1n) is 0.154. The van der Waals surface area contributed by atoms with Gasteiger partial charge in [-0.2, -0.15) is 0 Å². The molecular formula is H3AlFKO. The fourth-order valence-corrected chi connectivity index (χ4v) is 0. The quantitative estimate of drug-likeness (QED) is 0.282. The maximum absolute atomic E-state index is 8.25. The maximum Gasteiger partial charge on any atom is 1.00 e. The summed E-state index contributed by atoms with van der Waals surface area (Å²) >= 11 is 0. The summed E-state index contributed by atoms with van der Waals surface area (Å²) in [4.78, 5) is 0. The fourth-order valence-electron chi connectivity index (χ4n) is 0. The molecule has 20 valence electrons. The van der Waals surface area contributed by atoms with E-state index in [1.54, 1.807) is 0 Å². The van der Waals surface area contributed by atoms with Crippen LogP contribution in [0.25, 0.3) is 0 Å². The Morgan fingerprint density at radius 3 is 1.25 bits per heavy atom. The number of hydrogen-bond acceptors (Lipinski definition) is 1. The van der Waals surface area contributed by atoms with Crippen LogP contribution in [0.15, 0.2) is 0 Å². The predicted octanol–water partition coefficient (Wildman–Crippen LogP) is -4.95. The van der Waals surface area contributed by atoms with E-state index in [0.717, 1.165) is 0 Å². The van der Waals surface area contributed by atoms with Gasteiger partial charge in [-0.25, -0.2) is 0 Å². The van der Waals surface area contributed by atoms with Gasteiger partial charge in [-0.15, -0.1) is 0 Å². The third kappa shape index (κ3) is 8.96. The molecule has 0 unspecified atom stereocenters. The molecule has 0 radical (unpaired) electrons. The molecular weight excluding hydrogens is 101 g/mol. The molecule has 0 heterocycles. The van der Waals surface area contributed by atoms with Crippen molar-refractivity contribution in [1.82, 2.24) is 0 Å². The summed E-state index contributed by atoms with van der Waals surface area (Å²) in [5.74, 6) is 0. The molecule has 0 rings (SSSR count). The van der Waals surface area contributed by atoms with Crippen molar-refractivity contribution in [1.29, 1.82) is 0 Å². The largest absolute Gasteiger partial charge is 1.00 e. The van der Waals surface area contributed by atoms with Crippen LogP contribution >= 0.6 is 0 Å². The van der Waals surface area contributed by atoms with Crippen LogP contribution < -0.4 is 56.7 Å². The molecule has 4 heavy (non-hydrogen) atoms. The van der Waals surface area contributed by atoms with Gasteiger partial charge in [0.2, 0.25) is 0 Å². The summed E-state index contributed by atoms with van der Waals surface area (Å²) in [6.45, 7) is 0. The Labute approximate surface area is 77.0 Å². The Morgan fingerprint density at radius 1 is 1.25 bits per heavy atom. The Balaban J connectivity index is -0.00000000500. The van der Waals surface area contributed by atoms with Crippen LogP contribution in [0.3, 0.4) is 0 Å². The molecule has 0 aromatic rings. The monoisotopic (exact) mass is 104 g/mol. The third-order valence-electron chi connectivity index (χ3n) is 0. The van der Waals surface area contributed by atoms with Crippen LogP contribution in [0.1, 0.15) is 0 Å². The van der Waals surface area contributed by atoms with Crippen LogP contribution in [0.2, 0.25) is 0 Å². The van der Waals surface area contributed by atoms with Crippen molar-refractivity contribution in [2.45, 2.75) is 0 Å². The van der Waals surface area contributed by atoms with E-state index in [-0.39, 0.29) is 68.7 Å². The van der Waals surface area contributed by atoms with Gasteiger partial charge in [-0.1, -0.05) is 0 Å². The summed E-state index contributed by atoms with van der Waals surface area (Å²) in [7, 11) is 0. The minimum atomic E-state index is 0. The number of halogens is 1. The van der Waals surface area contributed by atoms with Gasteiger partial charge in [-0.3, -0.25) is 0 Å². The van der Waals surface area contributed by atoms with Crippen molar-refractivity contribution >= 4 is 17.4 Å². The van der Waals surface area contributed by atoms with Gasteiger partial charge in [0.05, 0.1) is 0 Å². The van der Waals surface area contributed by atoms with E-state index in [2.05, 4.69) is 0 Å². The van der Waals surface area contributed by atoms with E-state index in [0.29, 0.717) is 0 Å². The summed E-state index contributed by atoms with van der Waals surface area (Å²) in [6.07, 6.45) is 0. The number of hydrogen-bond donors (Lipinski definition) is 0. The SMILES string of the molecule is [AlH3].[K+].[O-]F. The molecule has 0 atom stereocenters. The summed E-state index contributed by atoms with van der Waals surface area (Å²) in [6, 6.07) is 0. The first-order chi connectivity index (χ1) is 1.00. The second-order valence-corrected chi connectivity index (χ2v) is 0. The minimum Gasteiger partial charge on any atom is -0.682 e. The van der Waals surface area contributed by atoms with Crippen molar-refractivity contribution in [3.8, 4) is 0 Å². The zero-order valence-electron chi connectivity index (χ0n) is 1.79. The molecule has 0 bridgehead atoms. The summed E-state index contributed by atoms with van der Waals surface area (Å²) < 4.78 is 8.25. The van der Waals surface area contributed by atoms with Crippen molar-refractivity contribution in [3.63, 3.8) is 0 Å². The topological polar surface area (TPSA) is 23.1 Å². The molecule has 1 nitrogen and oxygen atoms in total. The molecule has 0 saturated carbocycles. The standard InChI is InChI=1S/Al.FO.K.3H/c;1-2;;;;/q;-1;+1;;;. The van der Waals surface area contributed by atoms with Gasteiger partial charge < -0.3 is 9.84 Å². The normalized spacial score (nSPS) is 1.50. The Hall–Kier alpha value is 2.06. The van der Waals surface area contributed by atoms with Crippen molar-refractivity contribution in [2.24, 2.45) is 0 Å². The molecule has 0 saturated heterocycles. The van der Waals surface area contributed by atoms with Crippen LogP contribution in [-0.4, -0.2) is 17.4 Å². The van der Waals surface area contributed by atoms with Crippen molar-refractivity contribution in [2.75, 3.05) is 0 Å². The maximum atomic E-state index is 8.25. The Bertz CT molecular complexity index is 8.00. The molecule has 4 heteroatoms. The van der Waals surface area contributed by atoms with E-state index >= 15 is 0 Å².